The molecule has 0 aliphatic heterocycles. The van der Waals surface area contributed by atoms with Gasteiger partial charge in [-0.05, 0) is 37.3 Å². The van der Waals surface area contributed by atoms with E-state index in [9.17, 15) is 4.79 Å². The third-order valence-electron chi connectivity index (χ3n) is 4.27. The summed E-state index contributed by atoms with van der Waals surface area (Å²) in [5.41, 5.74) is 3.95. The van der Waals surface area contributed by atoms with Gasteiger partial charge in [-0.3, -0.25) is 4.79 Å². The van der Waals surface area contributed by atoms with Gasteiger partial charge >= 0.3 is 0 Å². The van der Waals surface area contributed by atoms with Crippen molar-refractivity contribution >= 4 is 44.2 Å². The van der Waals surface area contributed by atoms with Crippen molar-refractivity contribution in [1.82, 2.24) is 24.9 Å². The van der Waals surface area contributed by atoms with Gasteiger partial charge in [0, 0.05) is 18.1 Å². The van der Waals surface area contributed by atoms with Crippen molar-refractivity contribution < 1.29 is 4.79 Å². The van der Waals surface area contributed by atoms with Gasteiger partial charge < -0.3 is 10.3 Å². The molecular weight excluding hydrogens is 372 g/mol. The molecule has 0 bridgehead atoms. The highest BCUT2D eigenvalue weighted by molar-refractivity contribution is 7.21. The molecule has 0 unspecified atom stereocenters. The number of rotatable bonds is 3. The van der Waals surface area contributed by atoms with Crippen LogP contribution in [0, 0.1) is 6.92 Å². The number of aromatic nitrogens is 5. The monoisotopic (exact) mass is 386 g/mol. The Balaban J connectivity index is 1.50. The number of fused-ring (bicyclic) bond motifs is 2. The van der Waals surface area contributed by atoms with Crippen molar-refractivity contribution in [3.63, 3.8) is 0 Å². The SMILES string of the molecule is Cc1nc2ccc(NC(=O)c3nccnc3-c3nc4ccccc4s3)cc2[nH]1. The molecular formula is C20H14N6OS. The van der Waals surface area contributed by atoms with Crippen molar-refractivity contribution in [2.45, 2.75) is 6.92 Å². The summed E-state index contributed by atoms with van der Waals surface area (Å²) in [6.45, 7) is 1.89. The Morgan fingerprint density at radius 1 is 1.04 bits per heavy atom. The van der Waals surface area contributed by atoms with Gasteiger partial charge in [-0.2, -0.15) is 0 Å². The zero-order valence-corrected chi connectivity index (χ0v) is 15.6. The Kier molecular flexibility index (Phi) is 3.84. The maximum atomic E-state index is 12.9. The van der Waals surface area contributed by atoms with E-state index < -0.39 is 0 Å². The van der Waals surface area contributed by atoms with Crippen molar-refractivity contribution in [2.75, 3.05) is 5.32 Å². The van der Waals surface area contributed by atoms with Gasteiger partial charge in [-0.25, -0.2) is 19.9 Å². The number of carbonyl (C=O) groups excluding carboxylic acids is 1. The maximum Gasteiger partial charge on any atom is 0.276 e. The number of thiazole rings is 1. The highest BCUT2D eigenvalue weighted by atomic mass is 32.1. The molecule has 2 aromatic carbocycles. The molecule has 5 rings (SSSR count). The summed E-state index contributed by atoms with van der Waals surface area (Å²) in [6.07, 6.45) is 3.07. The zero-order valence-electron chi connectivity index (χ0n) is 14.8. The number of para-hydroxylation sites is 1. The van der Waals surface area contributed by atoms with Gasteiger partial charge in [-0.1, -0.05) is 12.1 Å². The first kappa shape index (κ1) is 16.5. The summed E-state index contributed by atoms with van der Waals surface area (Å²) in [6, 6.07) is 13.3. The van der Waals surface area contributed by atoms with E-state index in [0.29, 0.717) is 16.4 Å². The van der Waals surface area contributed by atoms with Gasteiger partial charge in [0.1, 0.15) is 16.5 Å². The van der Waals surface area contributed by atoms with E-state index in [1.54, 1.807) is 6.20 Å². The highest BCUT2D eigenvalue weighted by Crippen LogP contribution is 2.30. The van der Waals surface area contributed by atoms with E-state index in [2.05, 4.69) is 30.2 Å². The number of benzene rings is 2. The van der Waals surface area contributed by atoms with Gasteiger partial charge in [0.05, 0.1) is 21.3 Å². The fourth-order valence-corrected chi connectivity index (χ4v) is 4.00. The number of nitrogens with one attached hydrogen (secondary N) is 2. The molecule has 0 radical (unpaired) electrons. The zero-order chi connectivity index (χ0) is 19.1. The fourth-order valence-electron chi connectivity index (χ4n) is 3.04. The second-order valence-corrected chi connectivity index (χ2v) is 7.28. The predicted molar refractivity (Wildman–Crippen MR) is 109 cm³/mol. The predicted octanol–water partition coefficient (Wildman–Crippen LogP) is 4.19. The largest absolute Gasteiger partial charge is 0.342 e. The number of aromatic amines is 1. The Bertz CT molecular complexity index is 1310. The molecule has 2 N–H and O–H groups in total. The van der Waals surface area contributed by atoms with E-state index in [0.717, 1.165) is 27.1 Å². The molecule has 8 heteroatoms. The van der Waals surface area contributed by atoms with Crippen LogP contribution in [-0.2, 0) is 0 Å². The lowest BCUT2D eigenvalue weighted by molar-refractivity contribution is 0.102. The standard InChI is InChI=1S/C20H14N6OS/c1-11-23-13-7-6-12(10-15(13)24-11)25-19(27)17-18(22-9-8-21-17)20-26-14-4-2-3-5-16(14)28-20/h2-10H,1H3,(H,23,24)(H,25,27). The summed E-state index contributed by atoms with van der Waals surface area (Å²) < 4.78 is 1.04. The molecule has 136 valence electrons. The van der Waals surface area contributed by atoms with E-state index in [1.807, 2.05) is 49.4 Å². The summed E-state index contributed by atoms with van der Waals surface area (Å²) in [4.78, 5) is 33.7. The molecule has 0 atom stereocenters. The molecule has 0 spiro atoms. The van der Waals surface area contributed by atoms with E-state index in [-0.39, 0.29) is 11.6 Å². The molecule has 7 nitrogen and oxygen atoms in total. The molecule has 0 fully saturated rings. The lowest BCUT2D eigenvalue weighted by Gasteiger charge is -2.07. The number of H-pyrrole nitrogens is 1. The number of anilines is 1. The molecule has 0 aliphatic rings. The van der Waals surface area contributed by atoms with E-state index in [1.165, 1.54) is 17.5 Å². The van der Waals surface area contributed by atoms with Gasteiger partial charge in [-0.15, -0.1) is 11.3 Å². The average Bonchev–Trinajstić information content (AvgIpc) is 3.30. The summed E-state index contributed by atoms with van der Waals surface area (Å²) in [5.74, 6) is 0.489. The van der Waals surface area contributed by atoms with Crippen LogP contribution in [0.3, 0.4) is 0 Å². The highest BCUT2D eigenvalue weighted by Gasteiger charge is 2.19. The normalized spacial score (nSPS) is 11.2. The number of hydrogen-bond donors (Lipinski definition) is 2. The van der Waals surface area contributed by atoms with Crippen LogP contribution < -0.4 is 5.32 Å². The average molecular weight is 386 g/mol. The van der Waals surface area contributed by atoms with Crippen molar-refractivity contribution in [2.24, 2.45) is 0 Å². The minimum Gasteiger partial charge on any atom is -0.342 e. The molecule has 0 aliphatic carbocycles. The van der Waals surface area contributed by atoms with Crippen LogP contribution in [-0.4, -0.2) is 30.8 Å². The Labute approximate surface area is 163 Å². The van der Waals surface area contributed by atoms with Crippen LogP contribution >= 0.6 is 11.3 Å². The van der Waals surface area contributed by atoms with E-state index in [4.69, 9.17) is 0 Å². The number of nitrogens with zero attached hydrogens (tertiary/aromatic N) is 4. The molecule has 28 heavy (non-hydrogen) atoms. The Morgan fingerprint density at radius 2 is 1.89 bits per heavy atom. The number of amides is 1. The molecule has 3 heterocycles. The minimum atomic E-state index is -0.335. The first-order valence-corrected chi connectivity index (χ1v) is 9.44. The lowest BCUT2D eigenvalue weighted by atomic mass is 10.2. The molecule has 0 saturated carbocycles. The van der Waals surface area contributed by atoms with Crippen LogP contribution in [0.4, 0.5) is 5.69 Å². The first-order valence-electron chi connectivity index (χ1n) is 8.62. The smallest absolute Gasteiger partial charge is 0.276 e. The van der Waals surface area contributed by atoms with Crippen LogP contribution in [0.15, 0.2) is 54.9 Å². The minimum absolute atomic E-state index is 0.238. The Hall–Kier alpha value is -3.65. The van der Waals surface area contributed by atoms with Crippen molar-refractivity contribution in [3.05, 3.63) is 66.4 Å². The number of carbonyl (C=O) groups is 1. The van der Waals surface area contributed by atoms with Gasteiger partial charge in [0.2, 0.25) is 0 Å². The molecule has 0 saturated heterocycles. The van der Waals surface area contributed by atoms with Crippen LogP contribution in [0.2, 0.25) is 0 Å². The lowest BCUT2D eigenvalue weighted by Crippen LogP contribution is -2.15. The fraction of sp³-hybridized carbons (Fsp3) is 0.0500. The number of hydrogen-bond acceptors (Lipinski definition) is 6. The van der Waals surface area contributed by atoms with Crippen LogP contribution in [0.5, 0.6) is 0 Å². The van der Waals surface area contributed by atoms with Crippen LogP contribution in [0.25, 0.3) is 32.0 Å². The molecule has 5 aromatic rings. The van der Waals surface area contributed by atoms with Crippen LogP contribution in [0.1, 0.15) is 16.3 Å². The quantitative estimate of drug-likeness (QED) is 0.485. The second-order valence-electron chi connectivity index (χ2n) is 6.25. The van der Waals surface area contributed by atoms with Crippen molar-refractivity contribution in [1.29, 1.82) is 0 Å². The summed E-state index contributed by atoms with van der Waals surface area (Å²) >= 11 is 1.49. The number of aryl methyl sites for hydroxylation is 1. The second kappa shape index (κ2) is 6.50. The van der Waals surface area contributed by atoms with Gasteiger partial charge in [0.25, 0.3) is 5.91 Å². The summed E-state index contributed by atoms with van der Waals surface area (Å²) in [5, 5.41) is 3.56. The first-order chi connectivity index (χ1) is 13.7. The molecule has 3 aromatic heterocycles. The molecule has 1 amide bonds. The number of imidazole rings is 1. The third-order valence-corrected chi connectivity index (χ3v) is 5.31. The van der Waals surface area contributed by atoms with Crippen molar-refractivity contribution in [3.8, 4) is 10.7 Å². The third kappa shape index (κ3) is 2.89. The van der Waals surface area contributed by atoms with E-state index >= 15 is 0 Å². The summed E-state index contributed by atoms with van der Waals surface area (Å²) in [7, 11) is 0. The Morgan fingerprint density at radius 3 is 2.79 bits per heavy atom. The maximum absolute atomic E-state index is 12.9. The van der Waals surface area contributed by atoms with Gasteiger partial charge in [0.15, 0.2) is 5.69 Å². The topological polar surface area (TPSA) is 96.5 Å².